The predicted octanol–water partition coefficient (Wildman–Crippen LogP) is 4.33. The van der Waals surface area contributed by atoms with Crippen LogP contribution in [0, 0.1) is 0 Å². The van der Waals surface area contributed by atoms with E-state index in [9.17, 15) is 9.59 Å². The molecule has 6 rings (SSSR count). The number of anilines is 1. The summed E-state index contributed by atoms with van der Waals surface area (Å²) in [6, 6.07) is 10.6. The Labute approximate surface area is 218 Å². The fourth-order valence-electron chi connectivity index (χ4n) is 4.87. The molecule has 0 bridgehead atoms. The van der Waals surface area contributed by atoms with Crippen molar-refractivity contribution in [2.75, 3.05) is 25.8 Å². The van der Waals surface area contributed by atoms with Gasteiger partial charge < -0.3 is 29.6 Å². The molecule has 10 heteroatoms. The fourth-order valence-corrected chi connectivity index (χ4v) is 6.17. The van der Waals surface area contributed by atoms with Crippen molar-refractivity contribution in [1.29, 1.82) is 0 Å². The number of rotatable bonds is 5. The van der Waals surface area contributed by atoms with Crippen molar-refractivity contribution in [3.05, 3.63) is 63.5 Å². The standard InChI is InChI=1S/C27H27N3O6S/c1-14(2)30-9-8-17-22(12-30)37-26-23(17)25(31)28-24(29-26)15-4-7-19(20(10-15)33-3)36-27(32)16-5-6-18-21(11-16)35-13-34-18/h4-7,10-11,14,24,29H,8-9,12-13H2,1-3H3,(H,28,31)/t24-/m0/s1. The van der Waals surface area contributed by atoms with Crippen LogP contribution in [0.2, 0.25) is 0 Å². The summed E-state index contributed by atoms with van der Waals surface area (Å²) in [4.78, 5) is 29.6. The van der Waals surface area contributed by atoms with E-state index in [2.05, 4.69) is 29.4 Å². The molecule has 0 unspecified atom stereocenters. The summed E-state index contributed by atoms with van der Waals surface area (Å²) in [6.07, 6.45) is 0.435. The Morgan fingerprint density at radius 2 is 1.95 bits per heavy atom. The minimum atomic E-state index is -0.544. The molecule has 192 valence electrons. The first kappa shape index (κ1) is 23.6. The van der Waals surface area contributed by atoms with Crippen LogP contribution in [0.25, 0.3) is 0 Å². The van der Waals surface area contributed by atoms with Gasteiger partial charge in [0.1, 0.15) is 11.2 Å². The summed E-state index contributed by atoms with van der Waals surface area (Å²) < 4.78 is 21.8. The fraction of sp³-hybridized carbons (Fsp3) is 0.333. The van der Waals surface area contributed by atoms with Crippen LogP contribution in [-0.2, 0) is 13.0 Å². The SMILES string of the molecule is COc1cc([C@H]2NC(=O)c3c(sc4c3CCN(C(C)C)C4)N2)ccc1OC(=O)c1ccc2c(c1)OCO2. The molecule has 1 atom stereocenters. The van der Waals surface area contributed by atoms with Crippen LogP contribution in [0.15, 0.2) is 36.4 Å². The van der Waals surface area contributed by atoms with Gasteiger partial charge in [-0.25, -0.2) is 4.79 Å². The highest BCUT2D eigenvalue weighted by Crippen LogP contribution is 2.42. The number of carbonyl (C=O) groups is 2. The molecule has 0 fully saturated rings. The van der Waals surface area contributed by atoms with E-state index in [0.717, 1.165) is 41.2 Å². The van der Waals surface area contributed by atoms with Crippen molar-refractivity contribution >= 4 is 28.2 Å². The number of nitrogens with zero attached hydrogens (tertiary/aromatic N) is 1. The van der Waals surface area contributed by atoms with Gasteiger partial charge in [-0.2, -0.15) is 0 Å². The predicted molar refractivity (Wildman–Crippen MR) is 138 cm³/mol. The van der Waals surface area contributed by atoms with Crippen LogP contribution < -0.4 is 29.6 Å². The molecule has 3 aliphatic rings. The largest absolute Gasteiger partial charge is 0.493 e. The molecule has 9 nitrogen and oxygen atoms in total. The molecular weight excluding hydrogens is 494 g/mol. The molecule has 0 spiro atoms. The Balaban J connectivity index is 1.21. The van der Waals surface area contributed by atoms with Crippen LogP contribution in [-0.4, -0.2) is 43.3 Å². The normalized spacial score (nSPS) is 18.1. The number of thiophene rings is 1. The van der Waals surface area contributed by atoms with Crippen LogP contribution in [0.5, 0.6) is 23.0 Å². The number of amides is 1. The van der Waals surface area contributed by atoms with Gasteiger partial charge in [-0.05, 0) is 61.7 Å². The van der Waals surface area contributed by atoms with E-state index in [-0.39, 0.29) is 18.4 Å². The average Bonchev–Trinajstić information content (AvgIpc) is 3.52. The lowest BCUT2D eigenvalue weighted by Gasteiger charge is -2.31. The van der Waals surface area contributed by atoms with Crippen molar-refractivity contribution in [2.24, 2.45) is 0 Å². The number of benzene rings is 2. The van der Waals surface area contributed by atoms with Gasteiger partial charge in [0.15, 0.2) is 23.0 Å². The van der Waals surface area contributed by atoms with Crippen molar-refractivity contribution < 1.29 is 28.5 Å². The van der Waals surface area contributed by atoms with Crippen LogP contribution >= 0.6 is 11.3 Å². The summed E-state index contributed by atoms with van der Waals surface area (Å²) >= 11 is 1.66. The minimum absolute atomic E-state index is 0.0773. The van der Waals surface area contributed by atoms with Crippen molar-refractivity contribution in [3.63, 3.8) is 0 Å². The van der Waals surface area contributed by atoms with E-state index in [4.69, 9.17) is 18.9 Å². The second kappa shape index (κ2) is 9.28. The van der Waals surface area contributed by atoms with Crippen molar-refractivity contribution in [2.45, 2.75) is 39.0 Å². The zero-order chi connectivity index (χ0) is 25.7. The van der Waals surface area contributed by atoms with E-state index >= 15 is 0 Å². The maximum Gasteiger partial charge on any atom is 0.343 e. The molecule has 1 amide bonds. The van der Waals surface area contributed by atoms with Gasteiger partial charge in [-0.15, -0.1) is 11.3 Å². The Morgan fingerprint density at radius 3 is 2.76 bits per heavy atom. The van der Waals surface area contributed by atoms with E-state index < -0.39 is 12.1 Å². The first-order valence-electron chi connectivity index (χ1n) is 12.2. The summed E-state index contributed by atoms with van der Waals surface area (Å²) in [5.41, 5.74) is 3.04. The minimum Gasteiger partial charge on any atom is -0.493 e. The van der Waals surface area contributed by atoms with Crippen LogP contribution in [0.1, 0.15) is 56.7 Å². The zero-order valence-electron chi connectivity index (χ0n) is 20.8. The molecule has 3 aromatic rings. The van der Waals surface area contributed by atoms with Gasteiger partial charge in [-0.1, -0.05) is 6.07 Å². The number of fused-ring (bicyclic) bond motifs is 4. The van der Waals surface area contributed by atoms with Crippen molar-refractivity contribution in [3.8, 4) is 23.0 Å². The molecule has 0 radical (unpaired) electrons. The quantitative estimate of drug-likeness (QED) is 0.378. The van der Waals surface area contributed by atoms with Gasteiger partial charge in [0.25, 0.3) is 5.91 Å². The molecule has 0 saturated carbocycles. The molecule has 37 heavy (non-hydrogen) atoms. The summed E-state index contributed by atoms with van der Waals surface area (Å²) in [6.45, 7) is 6.34. The maximum absolute atomic E-state index is 13.1. The van der Waals surface area contributed by atoms with E-state index in [1.807, 2.05) is 6.07 Å². The molecule has 2 N–H and O–H groups in total. The van der Waals surface area contributed by atoms with Crippen LogP contribution in [0.4, 0.5) is 5.00 Å². The van der Waals surface area contributed by atoms with Crippen molar-refractivity contribution in [1.82, 2.24) is 10.2 Å². The highest BCUT2D eigenvalue weighted by atomic mass is 32.1. The molecule has 0 saturated heterocycles. The molecule has 1 aromatic heterocycles. The Bertz CT molecular complexity index is 1400. The summed E-state index contributed by atoms with van der Waals surface area (Å²) in [5.74, 6) is 1.13. The number of carbonyl (C=O) groups excluding carboxylic acids is 2. The Kier molecular flexibility index (Phi) is 5.92. The lowest BCUT2D eigenvalue weighted by atomic mass is 9.99. The molecule has 3 aliphatic heterocycles. The van der Waals surface area contributed by atoms with Gasteiger partial charge in [-0.3, -0.25) is 9.69 Å². The van der Waals surface area contributed by atoms with E-state index in [1.165, 1.54) is 12.0 Å². The van der Waals surface area contributed by atoms with Gasteiger partial charge in [0.2, 0.25) is 6.79 Å². The van der Waals surface area contributed by atoms with Gasteiger partial charge >= 0.3 is 5.97 Å². The lowest BCUT2D eigenvalue weighted by molar-refractivity contribution is 0.0729. The number of hydrogen-bond acceptors (Lipinski definition) is 9. The third-order valence-electron chi connectivity index (χ3n) is 6.93. The second-order valence-corrected chi connectivity index (χ2v) is 10.5. The zero-order valence-corrected chi connectivity index (χ0v) is 21.6. The number of hydrogen-bond donors (Lipinski definition) is 2. The number of nitrogens with one attached hydrogen (secondary N) is 2. The third-order valence-corrected chi connectivity index (χ3v) is 8.07. The number of esters is 1. The highest BCUT2D eigenvalue weighted by Gasteiger charge is 2.34. The van der Waals surface area contributed by atoms with Crippen LogP contribution in [0.3, 0.4) is 0 Å². The van der Waals surface area contributed by atoms with E-state index in [0.29, 0.717) is 28.9 Å². The second-order valence-electron chi connectivity index (χ2n) is 9.44. The van der Waals surface area contributed by atoms with E-state index in [1.54, 1.807) is 41.7 Å². The van der Waals surface area contributed by atoms with Gasteiger partial charge in [0.05, 0.1) is 18.2 Å². The molecule has 0 aliphatic carbocycles. The molecule has 2 aromatic carbocycles. The molecular formula is C27H27N3O6S. The smallest absolute Gasteiger partial charge is 0.343 e. The highest BCUT2D eigenvalue weighted by molar-refractivity contribution is 7.16. The number of methoxy groups -OCH3 is 1. The van der Waals surface area contributed by atoms with Gasteiger partial charge in [0, 0.05) is 24.0 Å². The third kappa shape index (κ3) is 4.25. The molecule has 4 heterocycles. The average molecular weight is 522 g/mol. The first-order valence-corrected chi connectivity index (χ1v) is 13.0. The lowest BCUT2D eigenvalue weighted by Crippen LogP contribution is -2.39. The topological polar surface area (TPSA) is 98.4 Å². The first-order chi connectivity index (χ1) is 17.9. The monoisotopic (exact) mass is 521 g/mol. The Hall–Kier alpha value is -3.76. The number of ether oxygens (including phenoxy) is 4. The maximum atomic E-state index is 13.1. The summed E-state index contributed by atoms with van der Waals surface area (Å²) in [7, 11) is 1.51. The Morgan fingerprint density at radius 1 is 1.11 bits per heavy atom. The summed E-state index contributed by atoms with van der Waals surface area (Å²) in [5, 5.41) is 7.45.